The third-order valence-electron chi connectivity index (χ3n) is 3.08. The maximum absolute atomic E-state index is 5.36. The molecule has 0 atom stereocenters. The van der Waals surface area contributed by atoms with Crippen molar-refractivity contribution in [1.29, 1.82) is 0 Å². The van der Waals surface area contributed by atoms with Gasteiger partial charge in [-0.2, -0.15) is 0 Å². The molecule has 0 heterocycles. The number of hydrogen-bond acceptors (Lipinski definition) is 3. The van der Waals surface area contributed by atoms with Gasteiger partial charge in [0.25, 0.3) is 0 Å². The fraction of sp³-hybridized carbons (Fsp3) is 0.562. The summed E-state index contributed by atoms with van der Waals surface area (Å²) in [6, 6.07) is 3.95. The van der Waals surface area contributed by atoms with Crippen LogP contribution in [0.4, 0.5) is 0 Å². The summed E-state index contributed by atoms with van der Waals surface area (Å²) in [5.41, 5.74) is 1.05. The van der Waals surface area contributed by atoms with E-state index in [2.05, 4.69) is 45.4 Å². The summed E-state index contributed by atoms with van der Waals surface area (Å²) in [6.07, 6.45) is 2.29. The number of nitrogens with zero attached hydrogens (tertiary/aromatic N) is 1. The molecule has 0 fully saturated rings. The predicted molar refractivity (Wildman–Crippen MR) is 95.0 cm³/mol. The van der Waals surface area contributed by atoms with Gasteiger partial charge in [0.05, 0.1) is 25.2 Å². The molecule has 1 rings (SSSR count). The van der Waals surface area contributed by atoms with Crippen LogP contribution in [0.15, 0.2) is 21.6 Å². The van der Waals surface area contributed by atoms with Crippen molar-refractivity contribution in [3.05, 3.63) is 22.2 Å². The molecule has 0 aliphatic rings. The zero-order chi connectivity index (χ0) is 16.4. The molecule has 0 aliphatic carbocycles. The Balaban J connectivity index is 2.82. The molecular formula is C16H26BrN3O2. The fourth-order valence-corrected chi connectivity index (χ4v) is 2.61. The fourth-order valence-electron chi connectivity index (χ4n) is 1.96. The third kappa shape index (κ3) is 5.75. The maximum atomic E-state index is 5.36. The minimum atomic E-state index is 0.570. The molecule has 5 nitrogen and oxygen atoms in total. The molecule has 0 spiro atoms. The van der Waals surface area contributed by atoms with Crippen molar-refractivity contribution in [3.63, 3.8) is 0 Å². The van der Waals surface area contributed by atoms with Gasteiger partial charge in [-0.15, -0.1) is 0 Å². The second-order valence-corrected chi connectivity index (χ2v) is 5.64. The molecule has 124 valence electrons. The van der Waals surface area contributed by atoms with E-state index in [1.54, 1.807) is 14.2 Å². The predicted octanol–water partition coefficient (Wildman–Crippen LogP) is 3.32. The van der Waals surface area contributed by atoms with Gasteiger partial charge in [-0.25, -0.2) is 4.99 Å². The van der Waals surface area contributed by atoms with Gasteiger partial charge in [-0.1, -0.05) is 13.3 Å². The minimum Gasteiger partial charge on any atom is -0.493 e. The van der Waals surface area contributed by atoms with E-state index in [0.717, 1.165) is 41.9 Å². The standard InChI is InChI=1S/C16H26BrN3O2/c1-5-7-8-19-16(18-6-2)20-11-12-9-13(17)15(22-4)14(10-12)21-3/h9-10H,5-8,11H2,1-4H3,(H2,18,19,20). The number of rotatable bonds is 8. The van der Waals surface area contributed by atoms with Crippen molar-refractivity contribution in [3.8, 4) is 11.5 Å². The van der Waals surface area contributed by atoms with Crippen LogP contribution in [0.3, 0.4) is 0 Å². The number of nitrogens with one attached hydrogen (secondary N) is 2. The Morgan fingerprint density at radius 2 is 1.95 bits per heavy atom. The largest absolute Gasteiger partial charge is 0.493 e. The Morgan fingerprint density at radius 1 is 1.18 bits per heavy atom. The Kier molecular flexibility index (Phi) is 8.74. The van der Waals surface area contributed by atoms with E-state index in [-0.39, 0.29) is 0 Å². The highest BCUT2D eigenvalue weighted by Gasteiger charge is 2.10. The lowest BCUT2D eigenvalue weighted by molar-refractivity contribution is 0.352. The first-order chi connectivity index (χ1) is 10.7. The Morgan fingerprint density at radius 3 is 2.55 bits per heavy atom. The van der Waals surface area contributed by atoms with Crippen molar-refractivity contribution in [2.24, 2.45) is 4.99 Å². The van der Waals surface area contributed by atoms with Crippen LogP contribution in [0, 0.1) is 0 Å². The van der Waals surface area contributed by atoms with E-state index >= 15 is 0 Å². The van der Waals surface area contributed by atoms with Gasteiger partial charge < -0.3 is 20.1 Å². The summed E-state index contributed by atoms with van der Waals surface area (Å²) in [5.74, 6) is 2.23. The van der Waals surface area contributed by atoms with Crippen LogP contribution in [0.5, 0.6) is 11.5 Å². The molecule has 0 radical (unpaired) electrons. The second-order valence-electron chi connectivity index (χ2n) is 4.79. The normalized spacial score (nSPS) is 11.2. The molecule has 22 heavy (non-hydrogen) atoms. The highest BCUT2D eigenvalue weighted by atomic mass is 79.9. The molecule has 1 aromatic rings. The van der Waals surface area contributed by atoms with Gasteiger partial charge in [0.2, 0.25) is 0 Å². The summed E-state index contributed by atoms with van der Waals surface area (Å²) in [6.45, 7) is 6.57. The van der Waals surface area contributed by atoms with Crippen molar-refractivity contribution >= 4 is 21.9 Å². The van der Waals surface area contributed by atoms with Crippen LogP contribution in [0.2, 0.25) is 0 Å². The van der Waals surface area contributed by atoms with E-state index < -0.39 is 0 Å². The first kappa shape index (κ1) is 18.6. The number of unbranched alkanes of at least 4 members (excludes halogenated alkanes) is 1. The molecule has 0 bridgehead atoms. The molecule has 6 heteroatoms. The summed E-state index contributed by atoms with van der Waals surface area (Å²) in [4.78, 5) is 4.60. The van der Waals surface area contributed by atoms with Crippen molar-refractivity contribution in [2.45, 2.75) is 33.2 Å². The van der Waals surface area contributed by atoms with E-state index in [4.69, 9.17) is 9.47 Å². The van der Waals surface area contributed by atoms with Crippen LogP contribution >= 0.6 is 15.9 Å². The van der Waals surface area contributed by atoms with E-state index in [1.807, 2.05) is 12.1 Å². The number of hydrogen-bond donors (Lipinski definition) is 2. The van der Waals surface area contributed by atoms with Crippen LogP contribution in [0.25, 0.3) is 0 Å². The topological polar surface area (TPSA) is 54.9 Å². The average molecular weight is 372 g/mol. The lowest BCUT2D eigenvalue weighted by atomic mass is 10.2. The summed E-state index contributed by atoms with van der Waals surface area (Å²) in [7, 11) is 3.26. The lowest BCUT2D eigenvalue weighted by Gasteiger charge is -2.13. The highest BCUT2D eigenvalue weighted by Crippen LogP contribution is 2.36. The van der Waals surface area contributed by atoms with Crippen molar-refractivity contribution < 1.29 is 9.47 Å². The van der Waals surface area contributed by atoms with E-state index in [1.165, 1.54) is 0 Å². The SMILES string of the molecule is CCCCNC(=NCc1cc(Br)c(OC)c(OC)c1)NCC. The number of guanidine groups is 1. The monoisotopic (exact) mass is 371 g/mol. The van der Waals surface area contributed by atoms with Crippen LogP contribution in [0.1, 0.15) is 32.3 Å². The molecule has 0 saturated carbocycles. The molecule has 1 aromatic carbocycles. The van der Waals surface area contributed by atoms with Gasteiger partial charge in [-0.3, -0.25) is 0 Å². The number of aliphatic imine (C=N–C) groups is 1. The van der Waals surface area contributed by atoms with Crippen molar-refractivity contribution in [2.75, 3.05) is 27.3 Å². The van der Waals surface area contributed by atoms with Crippen LogP contribution in [-0.4, -0.2) is 33.3 Å². The first-order valence-corrected chi connectivity index (χ1v) is 8.38. The van der Waals surface area contributed by atoms with Crippen LogP contribution in [-0.2, 0) is 6.54 Å². The summed E-state index contributed by atoms with van der Waals surface area (Å²) < 4.78 is 11.5. The second kappa shape index (κ2) is 10.3. The maximum Gasteiger partial charge on any atom is 0.191 e. The average Bonchev–Trinajstić information content (AvgIpc) is 2.52. The van der Waals surface area contributed by atoms with Gasteiger partial charge in [-0.05, 0) is 47.0 Å². The molecule has 0 unspecified atom stereocenters. The summed E-state index contributed by atoms with van der Waals surface area (Å²) >= 11 is 3.50. The van der Waals surface area contributed by atoms with Crippen LogP contribution < -0.4 is 20.1 Å². The molecule has 0 aromatic heterocycles. The highest BCUT2D eigenvalue weighted by molar-refractivity contribution is 9.10. The zero-order valence-electron chi connectivity index (χ0n) is 13.8. The van der Waals surface area contributed by atoms with Gasteiger partial charge in [0, 0.05) is 13.1 Å². The van der Waals surface area contributed by atoms with Gasteiger partial charge in [0.15, 0.2) is 17.5 Å². The zero-order valence-corrected chi connectivity index (χ0v) is 15.4. The molecule has 2 N–H and O–H groups in total. The smallest absolute Gasteiger partial charge is 0.191 e. The Bertz CT molecular complexity index is 493. The Hall–Kier alpha value is -1.43. The number of halogens is 1. The number of benzene rings is 1. The lowest BCUT2D eigenvalue weighted by Crippen LogP contribution is -2.37. The van der Waals surface area contributed by atoms with E-state index in [0.29, 0.717) is 18.0 Å². The quantitative estimate of drug-likeness (QED) is 0.418. The molecule has 0 saturated heterocycles. The number of methoxy groups -OCH3 is 2. The third-order valence-corrected chi connectivity index (χ3v) is 3.67. The van der Waals surface area contributed by atoms with E-state index in [9.17, 15) is 0 Å². The van der Waals surface area contributed by atoms with Gasteiger partial charge >= 0.3 is 0 Å². The Labute approximate surface area is 141 Å². The number of ether oxygens (including phenoxy) is 2. The minimum absolute atomic E-state index is 0.570. The molecule has 0 amide bonds. The first-order valence-electron chi connectivity index (χ1n) is 7.58. The molecule has 0 aliphatic heterocycles. The van der Waals surface area contributed by atoms with Gasteiger partial charge in [0.1, 0.15) is 0 Å². The molecular weight excluding hydrogens is 346 g/mol. The summed E-state index contributed by atoms with van der Waals surface area (Å²) in [5, 5.41) is 6.58. The van der Waals surface area contributed by atoms with Crippen molar-refractivity contribution in [1.82, 2.24) is 10.6 Å².